The van der Waals surface area contributed by atoms with E-state index in [2.05, 4.69) is 0 Å². The summed E-state index contributed by atoms with van der Waals surface area (Å²) in [5.74, 6) is -0.00838. The van der Waals surface area contributed by atoms with Crippen molar-refractivity contribution >= 4 is 28.5 Å². The first kappa shape index (κ1) is 21.5. The van der Waals surface area contributed by atoms with Crippen molar-refractivity contribution in [2.24, 2.45) is 0 Å². The number of carbonyl (C=O) groups excluding carboxylic acids is 1. The molecule has 32 heavy (non-hydrogen) atoms. The van der Waals surface area contributed by atoms with E-state index in [4.69, 9.17) is 30.2 Å². The number of carbonyl (C=O) groups is 1. The van der Waals surface area contributed by atoms with Gasteiger partial charge in [0.2, 0.25) is 11.2 Å². The average molecular weight is 451 g/mol. The second-order valence-corrected chi connectivity index (χ2v) is 7.52. The van der Waals surface area contributed by atoms with Crippen LogP contribution in [0.2, 0.25) is 5.02 Å². The summed E-state index contributed by atoms with van der Waals surface area (Å²) >= 11 is 6.00. The lowest BCUT2D eigenvalue weighted by Crippen LogP contribution is -2.16. The lowest BCUT2D eigenvalue weighted by atomic mass is 10.1. The van der Waals surface area contributed by atoms with Crippen LogP contribution >= 0.6 is 11.6 Å². The molecule has 0 saturated heterocycles. The molecule has 0 aliphatic heterocycles. The van der Waals surface area contributed by atoms with Crippen LogP contribution in [0.25, 0.3) is 22.3 Å². The van der Waals surface area contributed by atoms with Crippen LogP contribution in [0.5, 0.6) is 17.2 Å². The van der Waals surface area contributed by atoms with Crippen molar-refractivity contribution in [3.8, 4) is 28.6 Å². The fourth-order valence-corrected chi connectivity index (χ4v) is 3.38. The highest BCUT2D eigenvalue weighted by atomic mass is 35.5. The Morgan fingerprint density at radius 2 is 1.56 bits per heavy atom. The molecule has 1 heterocycles. The van der Waals surface area contributed by atoms with Crippen molar-refractivity contribution in [1.82, 2.24) is 0 Å². The van der Waals surface area contributed by atoms with E-state index in [0.717, 1.165) is 5.56 Å². The normalized spacial score (nSPS) is 10.8. The van der Waals surface area contributed by atoms with Crippen LogP contribution in [0.4, 0.5) is 0 Å². The molecule has 0 saturated carbocycles. The number of aryl methyl sites for hydroxylation is 1. The van der Waals surface area contributed by atoms with Crippen LogP contribution in [0.1, 0.15) is 15.9 Å². The maximum absolute atomic E-state index is 13.3. The molecule has 0 N–H and O–H groups in total. The molecule has 0 unspecified atom stereocenters. The third-order valence-electron chi connectivity index (χ3n) is 4.89. The number of rotatable bonds is 5. The van der Waals surface area contributed by atoms with Crippen molar-refractivity contribution in [2.75, 3.05) is 14.2 Å². The van der Waals surface area contributed by atoms with Crippen molar-refractivity contribution < 1.29 is 23.4 Å². The van der Waals surface area contributed by atoms with Gasteiger partial charge < -0.3 is 18.6 Å². The van der Waals surface area contributed by atoms with Gasteiger partial charge in [0.15, 0.2) is 5.76 Å². The molecule has 4 aromatic rings. The minimum absolute atomic E-state index is 0.131. The first-order valence-corrected chi connectivity index (χ1v) is 10.1. The number of halogens is 1. The van der Waals surface area contributed by atoms with E-state index in [1.165, 1.54) is 26.4 Å². The summed E-state index contributed by atoms with van der Waals surface area (Å²) in [4.78, 5) is 26.4. The fraction of sp³-hybridized carbons (Fsp3) is 0.120. The molecule has 0 bridgehead atoms. The van der Waals surface area contributed by atoms with Crippen molar-refractivity contribution in [2.45, 2.75) is 6.92 Å². The quantitative estimate of drug-likeness (QED) is 0.365. The van der Waals surface area contributed by atoms with Gasteiger partial charge in [0.05, 0.1) is 25.2 Å². The summed E-state index contributed by atoms with van der Waals surface area (Å²) in [6, 6.07) is 16.6. The number of benzene rings is 3. The molecule has 162 valence electrons. The van der Waals surface area contributed by atoms with E-state index in [-0.39, 0.29) is 17.1 Å². The van der Waals surface area contributed by atoms with Gasteiger partial charge in [-0.1, -0.05) is 23.2 Å². The van der Waals surface area contributed by atoms with E-state index >= 15 is 0 Å². The van der Waals surface area contributed by atoms with Gasteiger partial charge in [-0.05, 0) is 55.5 Å². The minimum atomic E-state index is -0.753. The van der Waals surface area contributed by atoms with Gasteiger partial charge in [-0.15, -0.1) is 0 Å². The monoisotopic (exact) mass is 450 g/mol. The molecular formula is C25H19ClO6. The predicted molar refractivity (Wildman–Crippen MR) is 122 cm³/mol. The Kier molecular flexibility index (Phi) is 5.88. The Labute approximate surface area is 188 Å². The molecule has 1 aromatic heterocycles. The minimum Gasteiger partial charge on any atom is -0.497 e. The smallest absolute Gasteiger partial charge is 0.344 e. The maximum Gasteiger partial charge on any atom is 0.344 e. The standard InChI is InChI=1S/C25H19ClO6/c1-14-4-9-21-20(10-14)22(27)24(23(31-21)15-5-7-17(26)8-6-15)32-25(28)16-11-18(29-2)13-19(12-16)30-3/h4-13H,1-3H3. The first-order valence-electron chi connectivity index (χ1n) is 9.68. The molecule has 0 radical (unpaired) electrons. The van der Waals surface area contributed by atoms with Crippen LogP contribution in [-0.2, 0) is 0 Å². The number of hydrogen-bond donors (Lipinski definition) is 0. The zero-order valence-corrected chi connectivity index (χ0v) is 18.4. The topological polar surface area (TPSA) is 75.0 Å². The van der Waals surface area contributed by atoms with Crippen molar-refractivity contribution in [1.29, 1.82) is 0 Å². The van der Waals surface area contributed by atoms with Crippen LogP contribution in [0.15, 0.2) is 69.9 Å². The fourth-order valence-electron chi connectivity index (χ4n) is 3.25. The molecular weight excluding hydrogens is 432 g/mol. The van der Waals surface area contributed by atoms with Crippen molar-refractivity contribution in [3.63, 3.8) is 0 Å². The Bertz CT molecular complexity index is 1350. The summed E-state index contributed by atoms with van der Waals surface area (Å²) < 4.78 is 22.0. The zero-order valence-electron chi connectivity index (χ0n) is 17.6. The third kappa shape index (κ3) is 4.18. The van der Waals surface area contributed by atoms with E-state index in [1.54, 1.807) is 42.5 Å². The third-order valence-corrected chi connectivity index (χ3v) is 5.14. The van der Waals surface area contributed by atoms with E-state index < -0.39 is 11.4 Å². The van der Waals surface area contributed by atoms with Gasteiger partial charge in [0.1, 0.15) is 17.1 Å². The number of hydrogen-bond acceptors (Lipinski definition) is 6. The predicted octanol–water partition coefficient (Wildman–Crippen LogP) is 5.66. The van der Waals surface area contributed by atoms with Gasteiger partial charge in [0, 0.05) is 16.7 Å². The summed E-state index contributed by atoms with van der Waals surface area (Å²) in [7, 11) is 2.95. The van der Waals surface area contributed by atoms with Crippen LogP contribution in [0.3, 0.4) is 0 Å². The largest absolute Gasteiger partial charge is 0.497 e. The highest BCUT2D eigenvalue weighted by Gasteiger charge is 2.22. The van der Waals surface area contributed by atoms with Gasteiger partial charge in [-0.25, -0.2) is 4.79 Å². The molecule has 0 aliphatic rings. The number of esters is 1. The first-order chi connectivity index (χ1) is 15.4. The molecule has 4 rings (SSSR count). The van der Waals surface area contributed by atoms with Crippen molar-refractivity contribution in [3.05, 3.63) is 87.0 Å². The molecule has 7 heteroatoms. The second kappa shape index (κ2) is 8.77. The number of methoxy groups -OCH3 is 2. The zero-order chi connectivity index (χ0) is 22.8. The lowest BCUT2D eigenvalue weighted by Gasteiger charge is -2.12. The molecule has 6 nitrogen and oxygen atoms in total. The van der Waals surface area contributed by atoms with Crippen LogP contribution < -0.4 is 19.6 Å². The maximum atomic E-state index is 13.3. The number of fused-ring (bicyclic) bond motifs is 1. The molecule has 0 atom stereocenters. The van der Waals surface area contributed by atoms with Gasteiger partial charge in [0.25, 0.3) is 0 Å². The van der Waals surface area contributed by atoms with Gasteiger partial charge in [-0.2, -0.15) is 0 Å². The van der Waals surface area contributed by atoms with Gasteiger partial charge >= 0.3 is 5.97 Å². The van der Waals surface area contributed by atoms with Crippen LogP contribution in [0, 0.1) is 6.92 Å². The Morgan fingerprint density at radius 1 is 0.906 bits per heavy atom. The Morgan fingerprint density at radius 3 is 2.19 bits per heavy atom. The Balaban J connectivity index is 1.88. The molecule has 0 spiro atoms. The van der Waals surface area contributed by atoms with Crippen LogP contribution in [-0.4, -0.2) is 20.2 Å². The lowest BCUT2D eigenvalue weighted by molar-refractivity contribution is 0.0730. The van der Waals surface area contributed by atoms with E-state index in [1.807, 2.05) is 13.0 Å². The second-order valence-electron chi connectivity index (χ2n) is 7.09. The summed E-state index contributed by atoms with van der Waals surface area (Å²) in [6.07, 6.45) is 0. The highest BCUT2D eigenvalue weighted by Crippen LogP contribution is 2.33. The summed E-state index contributed by atoms with van der Waals surface area (Å²) in [6.45, 7) is 1.86. The number of ether oxygens (including phenoxy) is 3. The molecule has 0 fully saturated rings. The molecule has 0 amide bonds. The van der Waals surface area contributed by atoms with Gasteiger partial charge in [-0.3, -0.25) is 4.79 Å². The average Bonchev–Trinajstić information content (AvgIpc) is 2.81. The Hall–Kier alpha value is -3.77. The van der Waals surface area contributed by atoms with E-state index in [9.17, 15) is 9.59 Å². The summed E-state index contributed by atoms with van der Waals surface area (Å²) in [5, 5.41) is 0.836. The molecule has 3 aromatic carbocycles. The highest BCUT2D eigenvalue weighted by molar-refractivity contribution is 6.30. The molecule has 0 aliphatic carbocycles. The van der Waals surface area contributed by atoms with E-state index in [0.29, 0.717) is 33.1 Å². The summed E-state index contributed by atoms with van der Waals surface area (Å²) in [5.41, 5.74) is 1.50. The SMILES string of the molecule is COc1cc(OC)cc(C(=O)Oc2c(-c3ccc(Cl)cc3)oc3ccc(C)cc3c2=O)c1.